The molecule has 0 spiro atoms. The van der Waals surface area contributed by atoms with Crippen LogP contribution in [0, 0.1) is 13.8 Å². The van der Waals surface area contributed by atoms with Crippen LogP contribution in [0.15, 0.2) is 6.07 Å². The van der Waals surface area contributed by atoms with Gasteiger partial charge >= 0.3 is 0 Å². The fourth-order valence-corrected chi connectivity index (χ4v) is 2.16. The van der Waals surface area contributed by atoms with Crippen LogP contribution in [0.5, 0.6) is 0 Å². The number of halogens is 3. The average Bonchev–Trinajstić information content (AvgIpc) is 2.07. The third-order valence-corrected chi connectivity index (χ3v) is 3.53. The van der Waals surface area contributed by atoms with Crippen molar-refractivity contribution in [2.75, 3.05) is 0 Å². The summed E-state index contributed by atoms with van der Waals surface area (Å²) in [6, 6.07) is 1.94. The van der Waals surface area contributed by atoms with Crippen LogP contribution in [0.25, 0.3) is 0 Å². The van der Waals surface area contributed by atoms with Crippen LogP contribution in [0.2, 0.25) is 10.0 Å². The van der Waals surface area contributed by atoms with Crippen LogP contribution in [0.4, 0.5) is 0 Å². The minimum atomic E-state index is -0.302. The summed E-state index contributed by atoms with van der Waals surface area (Å²) in [5.41, 5.74) is 2.90. The number of rotatable bonds is 1. The maximum absolute atomic E-state index is 6.02. The molecule has 1 atom stereocenters. The predicted octanol–water partition coefficient (Wildman–Crippen LogP) is 4.02. The molecule has 0 aliphatic carbocycles. The fraction of sp³-hybridized carbons (Fsp3) is 0.333. The zero-order valence-corrected chi connectivity index (χ0v) is 10.6. The molecule has 13 heavy (non-hydrogen) atoms. The van der Waals surface area contributed by atoms with Gasteiger partial charge in [-0.1, -0.05) is 29.3 Å². The van der Waals surface area contributed by atoms with E-state index in [2.05, 4.69) is 10.2 Å². The van der Waals surface area contributed by atoms with Crippen molar-refractivity contribution in [3.63, 3.8) is 0 Å². The van der Waals surface area contributed by atoms with Gasteiger partial charge in [0.2, 0.25) is 0 Å². The summed E-state index contributed by atoms with van der Waals surface area (Å²) >= 11 is 17.9. The predicted molar refractivity (Wildman–Crippen MR) is 60.3 cm³/mol. The summed E-state index contributed by atoms with van der Waals surface area (Å²) in [7, 11) is 3.30. The topological polar surface area (TPSA) is 0 Å². The lowest BCUT2D eigenvalue weighted by Gasteiger charge is -2.12. The molecule has 0 aliphatic heterocycles. The van der Waals surface area contributed by atoms with Crippen LogP contribution in [-0.2, 0) is 0 Å². The molecule has 0 aromatic heterocycles. The number of hydrogen-bond acceptors (Lipinski definition) is 0. The SMILES string of the molecule is Cc1cc(C([Si])Cl)c(Cl)c(Cl)c1C. The summed E-state index contributed by atoms with van der Waals surface area (Å²) in [6.07, 6.45) is 0. The molecule has 0 N–H and O–H groups in total. The van der Waals surface area contributed by atoms with E-state index < -0.39 is 0 Å². The summed E-state index contributed by atoms with van der Waals surface area (Å²) < 4.78 is 0. The fourth-order valence-electron chi connectivity index (χ4n) is 1.05. The van der Waals surface area contributed by atoms with E-state index in [-0.39, 0.29) is 5.00 Å². The minimum absolute atomic E-state index is 0.302. The van der Waals surface area contributed by atoms with Gasteiger partial charge in [-0.05, 0) is 30.5 Å². The van der Waals surface area contributed by atoms with E-state index in [9.17, 15) is 0 Å². The first-order chi connectivity index (χ1) is 5.95. The Morgan fingerprint density at radius 2 is 1.77 bits per heavy atom. The molecule has 0 nitrogen and oxygen atoms in total. The normalized spacial score (nSPS) is 13.1. The summed E-state index contributed by atoms with van der Waals surface area (Å²) in [5, 5.41) is 0.810. The Labute approximate surface area is 96.6 Å². The van der Waals surface area contributed by atoms with Crippen molar-refractivity contribution in [2.45, 2.75) is 18.8 Å². The zero-order valence-electron chi connectivity index (χ0n) is 7.29. The Morgan fingerprint density at radius 3 is 2.23 bits per heavy atom. The van der Waals surface area contributed by atoms with Crippen LogP contribution in [0.1, 0.15) is 21.7 Å². The Morgan fingerprint density at radius 1 is 1.23 bits per heavy atom. The van der Waals surface area contributed by atoms with Crippen molar-refractivity contribution in [1.82, 2.24) is 0 Å². The number of aryl methyl sites for hydroxylation is 1. The van der Waals surface area contributed by atoms with E-state index in [1.807, 2.05) is 19.9 Å². The maximum atomic E-state index is 6.02. The second-order valence-electron chi connectivity index (χ2n) is 2.90. The lowest BCUT2D eigenvalue weighted by molar-refractivity contribution is 1.26. The largest absolute Gasteiger partial charge is 0.122 e. The van der Waals surface area contributed by atoms with E-state index in [1.165, 1.54) is 0 Å². The lowest BCUT2D eigenvalue weighted by Crippen LogP contribution is -1.95. The number of hydrogen-bond donors (Lipinski definition) is 0. The molecule has 4 heteroatoms. The molecule has 1 unspecified atom stereocenters. The molecule has 1 rings (SSSR count). The van der Waals surface area contributed by atoms with Gasteiger partial charge in [0.15, 0.2) is 0 Å². The highest BCUT2D eigenvalue weighted by Gasteiger charge is 2.13. The molecule has 0 saturated carbocycles. The highest BCUT2D eigenvalue weighted by Crippen LogP contribution is 2.35. The van der Waals surface area contributed by atoms with Gasteiger partial charge < -0.3 is 0 Å². The van der Waals surface area contributed by atoms with Crippen LogP contribution < -0.4 is 0 Å². The highest BCUT2D eigenvalue weighted by atomic mass is 35.5. The van der Waals surface area contributed by atoms with Crippen molar-refractivity contribution in [3.05, 3.63) is 32.8 Å². The van der Waals surface area contributed by atoms with Gasteiger partial charge in [0.25, 0.3) is 0 Å². The van der Waals surface area contributed by atoms with Gasteiger partial charge in [-0.15, -0.1) is 11.6 Å². The van der Waals surface area contributed by atoms with E-state index in [0.29, 0.717) is 10.0 Å². The molecule has 69 valence electrons. The van der Waals surface area contributed by atoms with Crippen molar-refractivity contribution >= 4 is 45.0 Å². The van der Waals surface area contributed by atoms with Gasteiger partial charge in [0, 0.05) is 5.00 Å². The molecule has 0 aliphatic rings. The van der Waals surface area contributed by atoms with Crippen LogP contribution in [-0.4, -0.2) is 10.2 Å². The van der Waals surface area contributed by atoms with Crippen LogP contribution in [0.3, 0.4) is 0 Å². The molecule has 3 radical (unpaired) electrons. The Hall–Kier alpha value is 0.307. The summed E-state index contributed by atoms with van der Waals surface area (Å²) in [6.45, 7) is 3.91. The van der Waals surface area contributed by atoms with Crippen molar-refractivity contribution in [3.8, 4) is 0 Å². The van der Waals surface area contributed by atoms with E-state index in [0.717, 1.165) is 16.7 Å². The van der Waals surface area contributed by atoms with Gasteiger partial charge in [-0.25, -0.2) is 0 Å². The molecule has 0 heterocycles. The lowest BCUT2D eigenvalue weighted by atomic mass is 10.1. The standard InChI is InChI=1S/C9H8Cl3Si/c1-4-3-6(9(12)13)8(11)7(10)5(4)2/h3,9H,1-2H3. The molecule has 1 aromatic rings. The van der Waals surface area contributed by atoms with Crippen molar-refractivity contribution < 1.29 is 0 Å². The van der Waals surface area contributed by atoms with Crippen molar-refractivity contribution in [2.24, 2.45) is 0 Å². The highest BCUT2D eigenvalue weighted by molar-refractivity contribution is 6.46. The number of benzene rings is 1. The monoisotopic (exact) mass is 249 g/mol. The minimum Gasteiger partial charge on any atom is -0.122 e. The summed E-state index contributed by atoms with van der Waals surface area (Å²) in [5.74, 6) is 0. The van der Waals surface area contributed by atoms with E-state index in [1.54, 1.807) is 0 Å². The Kier molecular flexibility index (Phi) is 3.70. The third kappa shape index (κ3) is 2.21. The molecular formula is C9H8Cl3Si. The molecular weight excluding hydrogens is 243 g/mol. The van der Waals surface area contributed by atoms with Gasteiger partial charge in [-0.3, -0.25) is 0 Å². The van der Waals surface area contributed by atoms with Crippen molar-refractivity contribution in [1.29, 1.82) is 0 Å². The Balaban J connectivity index is 3.41. The average molecular weight is 251 g/mol. The third-order valence-electron chi connectivity index (χ3n) is 2.01. The number of alkyl halides is 1. The molecule has 1 aromatic carbocycles. The first-order valence-corrected chi connectivity index (χ1v) is 5.52. The maximum Gasteiger partial charge on any atom is 0.0638 e. The van der Waals surface area contributed by atoms with Crippen LogP contribution >= 0.6 is 34.8 Å². The second kappa shape index (κ2) is 4.22. The summed E-state index contributed by atoms with van der Waals surface area (Å²) in [4.78, 5) is 0. The molecule has 0 saturated heterocycles. The quantitative estimate of drug-likeness (QED) is 0.522. The Bertz CT molecular complexity index is 334. The van der Waals surface area contributed by atoms with Gasteiger partial charge in [0.05, 0.1) is 20.3 Å². The second-order valence-corrected chi connectivity index (χ2v) is 5.03. The smallest absolute Gasteiger partial charge is 0.0638 e. The molecule has 0 fully saturated rings. The van der Waals surface area contributed by atoms with Gasteiger partial charge in [-0.2, -0.15) is 0 Å². The molecule has 0 bridgehead atoms. The first kappa shape index (κ1) is 11.4. The molecule has 0 amide bonds. The zero-order chi connectivity index (χ0) is 10.2. The first-order valence-electron chi connectivity index (χ1n) is 3.75. The van der Waals surface area contributed by atoms with E-state index >= 15 is 0 Å². The van der Waals surface area contributed by atoms with Gasteiger partial charge in [0.1, 0.15) is 0 Å². The van der Waals surface area contributed by atoms with E-state index in [4.69, 9.17) is 34.8 Å².